The highest BCUT2D eigenvalue weighted by Crippen LogP contribution is 2.47. The summed E-state index contributed by atoms with van der Waals surface area (Å²) in [6.45, 7) is 22.1. The average molecular weight is 771 g/mol. The molecule has 0 bridgehead atoms. The molecule has 0 spiro atoms. The van der Waals surface area contributed by atoms with E-state index in [-0.39, 0.29) is 0 Å². The van der Waals surface area contributed by atoms with Crippen molar-refractivity contribution in [2.24, 2.45) is 0 Å². The molecule has 286 valence electrons. The summed E-state index contributed by atoms with van der Waals surface area (Å²) in [4.78, 5) is 4.47. The van der Waals surface area contributed by atoms with Gasteiger partial charge in [0.25, 0.3) is 0 Å². The molecule has 4 heteroatoms. The van der Waals surface area contributed by atoms with Crippen molar-refractivity contribution in [3.8, 4) is 50.8 Å². The molecule has 10 aromatic rings. The van der Waals surface area contributed by atoms with Crippen LogP contribution in [0.1, 0.15) is 38.9 Å². The molecule has 10 rings (SSSR count). The summed E-state index contributed by atoms with van der Waals surface area (Å²) in [6.07, 6.45) is 0. The zero-order valence-electron chi connectivity index (χ0n) is 34.6. The average Bonchev–Trinajstić information content (AvgIpc) is 3.74. The summed E-state index contributed by atoms with van der Waals surface area (Å²) in [7, 11) is 0. The largest absolute Gasteiger partial charge is 0.319 e. The van der Waals surface area contributed by atoms with E-state index < -0.39 is 0 Å². The number of aryl methyl sites for hydroxylation is 6. The van der Waals surface area contributed by atoms with E-state index in [0.29, 0.717) is 11.3 Å². The van der Waals surface area contributed by atoms with Crippen molar-refractivity contribution in [3.05, 3.63) is 196 Å². The molecule has 0 radical (unpaired) electrons. The zero-order chi connectivity index (χ0) is 41.4. The van der Waals surface area contributed by atoms with E-state index in [2.05, 4.69) is 183 Å². The Morgan fingerprint density at radius 2 is 0.967 bits per heavy atom. The predicted molar refractivity (Wildman–Crippen MR) is 251 cm³/mol. The SMILES string of the molecule is [C-]#[N+]c1c(-n2c3ccccc3c3cc(-c4c(C)cc(C)cc4C)ccc32)ccc(-c2cccc(C#N)c2)c1-n1c2ccccc2c2cc(-c3c(C)cc(C)cc3C)ccc21. The Hall–Kier alpha value is -7.66. The minimum Gasteiger partial charge on any atom is -0.319 e. The van der Waals surface area contributed by atoms with Crippen molar-refractivity contribution in [1.82, 2.24) is 9.13 Å². The molecule has 0 saturated carbocycles. The van der Waals surface area contributed by atoms with Crippen molar-refractivity contribution in [1.29, 1.82) is 5.26 Å². The van der Waals surface area contributed by atoms with Gasteiger partial charge < -0.3 is 9.13 Å². The van der Waals surface area contributed by atoms with Crippen LogP contribution in [0, 0.1) is 59.4 Å². The topological polar surface area (TPSA) is 38.0 Å². The zero-order valence-corrected chi connectivity index (χ0v) is 34.6. The van der Waals surface area contributed by atoms with Crippen LogP contribution in [0.2, 0.25) is 0 Å². The third-order valence-corrected chi connectivity index (χ3v) is 12.3. The Morgan fingerprint density at radius 3 is 1.50 bits per heavy atom. The summed E-state index contributed by atoms with van der Waals surface area (Å²) >= 11 is 0. The van der Waals surface area contributed by atoms with Crippen LogP contribution in [0.4, 0.5) is 5.69 Å². The minimum atomic E-state index is 0.531. The molecule has 0 aliphatic heterocycles. The molecule has 4 nitrogen and oxygen atoms in total. The normalized spacial score (nSPS) is 11.5. The highest BCUT2D eigenvalue weighted by molar-refractivity contribution is 6.14. The Labute approximate surface area is 350 Å². The van der Waals surface area contributed by atoms with Gasteiger partial charge in [-0.1, -0.05) is 102 Å². The van der Waals surface area contributed by atoms with Crippen LogP contribution in [-0.2, 0) is 0 Å². The molecule has 0 N–H and O–H groups in total. The van der Waals surface area contributed by atoms with E-state index in [9.17, 15) is 5.26 Å². The van der Waals surface area contributed by atoms with Crippen molar-refractivity contribution in [2.45, 2.75) is 41.5 Å². The molecule has 8 aromatic carbocycles. The Morgan fingerprint density at radius 1 is 0.467 bits per heavy atom. The van der Waals surface area contributed by atoms with Crippen LogP contribution < -0.4 is 0 Å². The van der Waals surface area contributed by atoms with E-state index in [0.717, 1.165) is 66.1 Å². The number of aromatic nitrogens is 2. The molecule has 0 aliphatic carbocycles. The van der Waals surface area contributed by atoms with E-state index in [1.165, 1.54) is 55.6 Å². The maximum atomic E-state index is 10.0. The first-order valence-electron chi connectivity index (χ1n) is 20.4. The van der Waals surface area contributed by atoms with Crippen molar-refractivity contribution >= 4 is 49.3 Å². The lowest BCUT2D eigenvalue weighted by Gasteiger charge is -2.20. The summed E-state index contributed by atoms with van der Waals surface area (Å²) in [6, 6.07) is 53.9. The molecule has 2 aromatic heterocycles. The monoisotopic (exact) mass is 770 g/mol. The first-order valence-corrected chi connectivity index (χ1v) is 20.4. The fraction of sp³-hybridized carbons (Fsp3) is 0.107. The smallest absolute Gasteiger partial charge is 0.234 e. The molecular weight excluding hydrogens is 729 g/mol. The second kappa shape index (κ2) is 14.0. The Balaban J connectivity index is 1.30. The molecule has 0 atom stereocenters. The second-order valence-corrected chi connectivity index (χ2v) is 16.4. The van der Waals surface area contributed by atoms with E-state index in [1.807, 2.05) is 24.3 Å². The quantitative estimate of drug-likeness (QED) is 0.161. The number of hydrogen-bond donors (Lipinski definition) is 0. The van der Waals surface area contributed by atoms with Crippen molar-refractivity contribution in [2.75, 3.05) is 0 Å². The van der Waals surface area contributed by atoms with Gasteiger partial charge in [-0.25, -0.2) is 4.85 Å². The maximum Gasteiger partial charge on any atom is 0.234 e. The minimum absolute atomic E-state index is 0.531. The number of fused-ring (bicyclic) bond motifs is 6. The van der Waals surface area contributed by atoms with Gasteiger partial charge in [-0.15, -0.1) is 0 Å². The maximum absolute atomic E-state index is 10.0. The van der Waals surface area contributed by atoms with Crippen molar-refractivity contribution < 1.29 is 0 Å². The first kappa shape index (κ1) is 36.7. The summed E-state index contributed by atoms with van der Waals surface area (Å²) in [5, 5.41) is 14.5. The van der Waals surface area contributed by atoms with Crippen LogP contribution in [-0.4, -0.2) is 9.13 Å². The molecule has 0 saturated heterocycles. The standard InChI is InChI=1S/C56H42N4/c1-33-25-35(3)53(36(4)26-33)41-19-22-50-46(30-41)44-15-8-10-17-48(44)59(50)52-24-21-43(40-14-12-13-39(29-40)32-57)56(55(52)58-7)60-49-18-11-9-16-45(49)47-31-42(20-23-51(47)60)54-37(5)27-34(2)28-38(54)6/h8-31H,1-6H3. The molecule has 0 fully saturated rings. The van der Waals surface area contributed by atoms with E-state index >= 15 is 0 Å². The van der Waals surface area contributed by atoms with E-state index in [4.69, 9.17) is 6.57 Å². The van der Waals surface area contributed by atoms with Gasteiger partial charge in [0.1, 0.15) is 0 Å². The van der Waals surface area contributed by atoms with E-state index in [1.54, 1.807) is 0 Å². The lowest BCUT2D eigenvalue weighted by molar-refractivity contribution is 1.14. The van der Waals surface area contributed by atoms with Crippen LogP contribution in [0.15, 0.2) is 146 Å². The van der Waals surface area contributed by atoms with Crippen LogP contribution >= 0.6 is 0 Å². The molecule has 60 heavy (non-hydrogen) atoms. The van der Waals surface area contributed by atoms with Gasteiger partial charge in [0.2, 0.25) is 5.69 Å². The number of hydrogen-bond acceptors (Lipinski definition) is 1. The lowest BCUT2D eigenvalue weighted by Crippen LogP contribution is -2.02. The summed E-state index contributed by atoms with van der Waals surface area (Å²) in [5.74, 6) is 0. The lowest BCUT2D eigenvalue weighted by atomic mass is 9.93. The third kappa shape index (κ3) is 5.65. The third-order valence-electron chi connectivity index (χ3n) is 12.3. The molecule has 0 aliphatic rings. The van der Waals surface area contributed by atoms with Gasteiger partial charge in [-0.3, -0.25) is 0 Å². The number of benzene rings is 8. The highest BCUT2D eigenvalue weighted by atomic mass is 15.1. The molecule has 0 unspecified atom stereocenters. The van der Waals surface area contributed by atoms with Crippen LogP contribution in [0.3, 0.4) is 0 Å². The second-order valence-electron chi connectivity index (χ2n) is 16.4. The van der Waals surface area contributed by atoms with Gasteiger partial charge in [-0.05, 0) is 152 Å². The predicted octanol–water partition coefficient (Wildman–Crippen LogP) is 15.2. The Bertz CT molecular complexity index is 3480. The fourth-order valence-electron chi connectivity index (χ4n) is 10.1. The first-order chi connectivity index (χ1) is 29.1. The molecule has 0 amide bonds. The molecule has 2 heterocycles. The van der Waals surface area contributed by atoms with Crippen LogP contribution in [0.5, 0.6) is 0 Å². The summed E-state index contributed by atoms with van der Waals surface area (Å²) in [5.41, 5.74) is 20.9. The highest BCUT2D eigenvalue weighted by Gasteiger charge is 2.25. The number of nitriles is 1. The van der Waals surface area contributed by atoms with Crippen molar-refractivity contribution in [3.63, 3.8) is 0 Å². The number of para-hydroxylation sites is 2. The number of rotatable bonds is 5. The van der Waals surface area contributed by atoms with Gasteiger partial charge in [-0.2, -0.15) is 5.26 Å². The van der Waals surface area contributed by atoms with Gasteiger partial charge >= 0.3 is 0 Å². The Kier molecular flexibility index (Phi) is 8.57. The van der Waals surface area contributed by atoms with Crippen LogP contribution in [0.25, 0.3) is 93.2 Å². The molecular formula is C56H42N4. The number of nitrogens with zero attached hydrogens (tertiary/aromatic N) is 4. The summed E-state index contributed by atoms with van der Waals surface area (Å²) < 4.78 is 4.55. The van der Waals surface area contributed by atoms with Gasteiger partial charge in [0.15, 0.2) is 0 Å². The van der Waals surface area contributed by atoms with Gasteiger partial charge in [0, 0.05) is 21.5 Å². The fourth-order valence-corrected chi connectivity index (χ4v) is 10.1. The van der Waals surface area contributed by atoms with Gasteiger partial charge in [0.05, 0.1) is 51.6 Å².